The zero-order chi connectivity index (χ0) is 24.6. The van der Waals surface area contributed by atoms with Gasteiger partial charge in [-0.05, 0) is 49.3 Å². The molecule has 3 aliphatic rings. The van der Waals surface area contributed by atoms with Crippen LogP contribution < -0.4 is 4.31 Å². The maximum Gasteiger partial charge on any atom is 0.523 e. The number of anilines is 1. The van der Waals surface area contributed by atoms with Gasteiger partial charge in [0.15, 0.2) is 0 Å². The Kier molecular flexibility index (Phi) is 5.27. The molecule has 0 radical (unpaired) electrons. The van der Waals surface area contributed by atoms with Crippen molar-refractivity contribution in [2.24, 2.45) is 17.8 Å². The van der Waals surface area contributed by atoms with Gasteiger partial charge < -0.3 is 0 Å². The molecule has 0 unspecified atom stereocenters. The van der Waals surface area contributed by atoms with E-state index in [9.17, 15) is 43.2 Å². The molecule has 1 saturated heterocycles. The summed E-state index contributed by atoms with van der Waals surface area (Å²) in [4.78, 5) is 0. The monoisotopic (exact) mass is 518 g/mol. The molecule has 1 aromatic rings. The summed E-state index contributed by atoms with van der Waals surface area (Å²) in [6.45, 7) is -1.61. The van der Waals surface area contributed by atoms with Gasteiger partial charge in [-0.15, -0.1) is 0 Å². The van der Waals surface area contributed by atoms with Crippen LogP contribution in [0.5, 0.6) is 0 Å². The van der Waals surface area contributed by atoms with E-state index >= 15 is 0 Å². The van der Waals surface area contributed by atoms with Crippen LogP contribution in [0.4, 0.5) is 32.0 Å². The molecule has 1 heterocycles. The molecule has 4 atom stereocenters. The third-order valence-electron chi connectivity index (χ3n) is 6.93. The summed E-state index contributed by atoms with van der Waals surface area (Å²) in [6.07, 6.45) is -3.74. The standard InChI is InChI=1S/C18H16F6N2O5S2/c19-17(20,21)14-6-13(4-2-11(14)7-25)26-8-15-10-1-3-12(5-10)16(15,32(26,27)28)9-31-33(29,30)18(22,23)24/h2,4,6,10,12,15H,1,3,5,8-9H2/t10-,12+,15-,16+/m0/s1. The molecule has 0 N–H and O–H groups in total. The minimum absolute atomic E-state index is 0.257. The SMILES string of the molecule is N#Cc1ccc(N2C[C@H]3[C@H]4CC[C@H](C4)[C@@]3(COS(=O)(=O)C(F)(F)F)S2(=O)=O)cc1C(F)(F)F. The lowest BCUT2D eigenvalue weighted by atomic mass is 9.79. The Morgan fingerprint density at radius 1 is 1.18 bits per heavy atom. The van der Waals surface area contributed by atoms with Gasteiger partial charge in [0.05, 0.1) is 29.5 Å². The number of fused-ring (bicyclic) bond motifs is 5. The van der Waals surface area contributed by atoms with Crippen molar-refractivity contribution in [1.29, 1.82) is 5.26 Å². The molecule has 15 heteroatoms. The molecule has 4 rings (SSSR count). The van der Waals surface area contributed by atoms with Crippen LogP contribution in [-0.2, 0) is 30.5 Å². The largest absolute Gasteiger partial charge is 0.523 e. The number of sulfonamides is 1. The molecule has 0 spiro atoms. The third-order valence-corrected chi connectivity index (χ3v) is 10.6. The molecule has 33 heavy (non-hydrogen) atoms. The van der Waals surface area contributed by atoms with Crippen LogP contribution >= 0.6 is 0 Å². The topological polar surface area (TPSA) is 105 Å². The fourth-order valence-corrected chi connectivity index (χ4v) is 8.72. The fourth-order valence-electron chi connectivity index (χ4n) is 5.51. The normalized spacial score (nSPS) is 30.9. The first-order chi connectivity index (χ1) is 15.1. The molecule has 3 fully saturated rings. The smallest absolute Gasteiger partial charge is 0.269 e. The van der Waals surface area contributed by atoms with Crippen molar-refractivity contribution in [3.05, 3.63) is 29.3 Å². The van der Waals surface area contributed by atoms with Crippen molar-refractivity contribution in [3.8, 4) is 6.07 Å². The van der Waals surface area contributed by atoms with Crippen LogP contribution in [0, 0.1) is 29.1 Å². The Labute approximate surface area is 185 Å². The summed E-state index contributed by atoms with van der Waals surface area (Å²) in [6, 6.07) is 3.70. The van der Waals surface area contributed by atoms with Crippen molar-refractivity contribution in [1.82, 2.24) is 0 Å². The second-order valence-electron chi connectivity index (χ2n) is 8.37. The molecule has 2 bridgehead atoms. The van der Waals surface area contributed by atoms with E-state index in [1.807, 2.05) is 0 Å². The number of nitriles is 1. The van der Waals surface area contributed by atoms with Crippen molar-refractivity contribution in [3.63, 3.8) is 0 Å². The highest BCUT2D eigenvalue weighted by atomic mass is 32.2. The van der Waals surface area contributed by atoms with Crippen molar-refractivity contribution in [2.75, 3.05) is 17.5 Å². The van der Waals surface area contributed by atoms with Gasteiger partial charge in [0.1, 0.15) is 4.75 Å². The first-order valence-electron chi connectivity index (χ1n) is 9.65. The van der Waals surface area contributed by atoms with Gasteiger partial charge in [0.2, 0.25) is 10.0 Å². The highest BCUT2D eigenvalue weighted by Crippen LogP contribution is 2.62. The first kappa shape index (κ1) is 24.1. The number of hydrogen-bond donors (Lipinski definition) is 0. The predicted octanol–water partition coefficient (Wildman–Crippen LogP) is 3.38. The zero-order valence-electron chi connectivity index (χ0n) is 16.5. The van der Waals surface area contributed by atoms with E-state index in [0.717, 1.165) is 12.1 Å². The average Bonchev–Trinajstić information content (AvgIpc) is 3.35. The quantitative estimate of drug-likeness (QED) is 0.344. The summed E-state index contributed by atoms with van der Waals surface area (Å²) in [7, 11) is -10.7. The van der Waals surface area contributed by atoms with Crippen LogP contribution in [0.25, 0.3) is 0 Å². The molecule has 1 aromatic carbocycles. The van der Waals surface area contributed by atoms with Crippen LogP contribution in [0.15, 0.2) is 18.2 Å². The second-order valence-corrected chi connectivity index (χ2v) is 12.1. The lowest BCUT2D eigenvalue weighted by Gasteiger charge is -2.36. The Morgan fingerprint density at radius 2 is 1.85 bits per heavy atom. The predicted molar refractivity (Wildman–Crippen MR) is 100 cm³/mol. The maximum atomic E-state index is 13.6. The highest BCUT2D eigenvalue weighted by Gasteiger charge is 2.71. The van der Waals surface area contributed by atoms with E-state index in [-0.39, 0.29) is 12.5 Å². The van der Waals surface area contributed by atoms with E-state index in [2.05, 4.69) is 4.18 Å². The van der Waals surface area contributed by atoms with Gasteiger partial charge in [-0.3, -0.25) is 8.49 Å². The summed E-state index contributed by atoms with van der Waals surface area (Å²) in [5.74, 6) is -1.78. The van der Waals surface area contributed by atoms with E-state index < -0.39 is 71.8 Å². The molecule has 0 amide bonds. The highest BCUT2D eigenvalue weighted by molar-refractivity contribution is 7.94. The third kappa shape index (κ3) is 3.40. The fraction of sp³-hybridized carbons (Fsp3) is 0.611. The minimum atomic E-state index is -6.08. The minimum Gasteiger partial charge on any atom is -0.269 e. The number of halogens is 6. The average molecular weight is 518 g/mol. The molecule has 182 valence electrons. The number of hydrogen-bond acceptors (Lipinski definition) is 6. The first-order valence-corrected chi connectivity index (χ1v) is 12.5. The Hall–Kier alpha value is -2.05. The van der Waals surface area contributed by atoms with Crippen molar-refractivity contribution in [2.45, 2.75) is 35.7 Å². The van der Waals surface area contributed by atoms with E-state index in [4.69, 9.17) is 5.26 Å². The van der Waals surface area contributed by atoms with Gasteiger partial charge in [0, 0.05) is 12.5 Å². The summed E-state index contributed by atoms with van der Waals surface area (Å²) in [5.41, 5.74) is -8.25. The Bertz CT molecular complexity index is 1240. The van der Waals surface area contributed by atoms with Crippen LogP contribution in [-0.4, -0.2) is 40.2 Å². The molecule has 2 aliphatic carbocycles. The van der Waals surface area contributed by atoms with Crippen LogP contribution in [0.2, 0.25) is 0 Å². The second kappa shape index (κ2) is 7.22. The van der Waals surface area contributed by atoms with Gasteiger partial charge in [-0.25, -0.2) is 8.42 Å². The molecule has 1 aliphatic heterocycles. The Balaban J connectivity index is 1.78. The lowest BCUT2D eigenvalue weighted by Crippen LogP contribution is -2.52. The summed E-state index contributed by atoms with van der Waals surface area (Å²) in [5, 5.41) is 8.96. The molecular formula is C18H16F6N2O5S2. The Morgan fingerprint density at radius 3 is 2.42 bits per heavy atom. The van der Waals surface area contributed by atoms with Crippen LogP contribution in [0.3, 0.4) is 0 Å². The summed E-state index contributed by atoms with van der Waals surface area (Å²) < 4.78 is 132. The van der Waals surface area contributed by atoms with Gasteiger partial charge in [0.25, 0.3) is 0 Å². The number of nitrogens with zero attached hydrogens (tertiary/aromatic N) is 2. The van der Waals surface area contributed by atoms with E-state index in [0.29, 0.717) is 29.6 Å². The number of benzene rings is 1. The van der Waals surface area contributed by atoms with Gasteiger partial charge in [-0.1, -0.05) is 0 Å². The molecule has 2 saturated carbocycles. The van der Waals surface area contributed by atoms with E-state index in [1.54, 1.807) is 0 Å². The van der Waals surface area contributed by atoms with Crippen LogP contribution in [0.1, 0.15) is 30.4 Å². The molecule has 0 aromatic heterocycles. The maximum absolute atomic E-state index is 13.6. The number of rotatable bonds is 4. The summed E-state index contributed by atoms with van der Waals surface area (Å²) >= 11 is 0. The lowest BCUT2D eigenvalue weighted by molar-refractivity contribution is -0.137. The van der Waals surface area contributed by atoms with Gasteiger partial charge in [-0.2, -0.15) is 40.0 Å². The molecular weight excluding hydrogens is 502 g/mol. The van der Waals surface area contributed by atoms with Crippen molar-refractivity contribution >= 4 is 25.8 Å². The number of alkyl halides is 6. The zero-order valence-corrected chi connectivity index (χ0v) is 18.2. The molecule has 7 nitrogen and oxygen atoms in total. The van der Waals surface area contributed by atoms with E-state index in [1.165, 1.54) is 6.07 Å². The van der Waals surface area contributed by atoms with Gasteiger partial charge >= 0.3 is 21.8 Å². The van der Waals surface area contributed by atoms with Crippen molar-refractivity contribution < 1.29 is 47.4 Å².